The van der Waals surface area contributed by atoms with Crippen molar-refractivity contribution in [2.45, 2.75) is 16.5 Å². The van der Waals surface area contributed by atoms with E-state index in [1.807, 2.05) is 12.1 Å². The van der Waals surface area contributed by atoms with Crippen LogP contribution in [0, 0.1) is 10.1 Å². The van der Waals surface area contributed by atoms with E-state index in [-0.39, 0.29) is 11.5 Å². The second kappa shape index (κ2) is 10.5. The monoisotopic (exact) mass is 480 g/mol. The first-order valence-corrected chi connectivity index (χ1v) is 11.9. The van der Waals surface area contributed by atoms with E-state index in [9.17, 15) is 14.9 Å². The van der Waals surface area contributed by atoms with Crippen molar-refractivity contribution in [1.29, 1.82) is 0 Å². The number of nitro benzene ring substituents is 1. The van der Waals surface area contributed by atoms with E-state index in [0.717, 1.165) is 41.3 Å². The summed E-state index contributed by atoms with van der Waals surface area (Å²) in [6.07, 6.45) is 5.61. The first-order valence-electron chi connectivity index (χ1n) is 10.1. The predicted molar refractivity (Wildman–Crippen MR) is 131 cm³/mol. The van der Waals surface area contributed by atoms with Crippen LogP contribution in [-0.4, -0.2) is 42.9 Å². The first-order chi connectivity index (χ1) is 16.0. The molecule has 33 heavy (non-hydrogen) atoms. The minimum Gasteiger partial charge on any atom is -0.335 e. The molecule has 0 atom stereocenters. The third kappa shape index (κ3) is 5.88. The van der Waals surface area contributed by atoms with Crippen molar-refractivity contribution in [1.82, 2.24) is 14.8 Å². The Morgan fingerprint density at radius 2 is 2.09 bits per heavy atom. The average molecular weight is 481 g/mol. The van der Waals surface area contributed by atoms with Crippen LogP contribution in [0.5, 0.6) is 0 Å². The zero-order valence-corrected chi connectivity index (χ0v) is 19.3. The Bertz CT molecular complexity index is 1240. The molecule has 1 N–H and O–H groups in total. The molecule has 2 heterocycles. The molecule has 3 aromatic rings. The highest BCUT2D eigenvalue weighted by Gasteiger charge is 2.17. The molecule has 0 spiro atoms. The van der Waals surface area contributed by atoms with E-state index in [1.165, 1.54) is 18.5 Å². The highest BCUT2D eigenvalue weighted by atomic mass is 32.2. The minimum absolute atomic E-state index is 0.0588. The number of rotatable bonds is 7. The first kappa shape index (κ1) is 22.7. The molecular weight excluding hydrogens is 460 g/mol. The summed E-state index contributed by atoms with van der Waals surface area (Å²) >= 11 is 2.84. The van der Waals surface area contributed by atoms with Crippen LogP contribution < -0.4 is 5.32 Å². The Labute approximate surface area is 198 Å². The number of carbonyl (C=O) groups is 1. The number of nitrogens with one attached hydrogen (secondary N) is 1. The summed E-state index contributed by atoms with van der Waals surface area (Å²) in [7, 11) is 1.77. The molecule has 1 aliphatic heterocycles. The van der Waals surface area contributed by atoms with Gasteiger partial charge in [0.05, 0.1) is 9.82 Å². The molecule has 0 saturated heterocycles. The summed E-state index contributed by atoms with van der Waals surface area (Å²) in [5, 5.41) is 24.0. The number of thioether (sulfide) groups is 1. The largest absolute Gasteiger partial charge is 0.335 e. The number of aromatic nitrogens is 3. The van der Waals surface area contributed by atoms with E-state index in [2.05, 4.69) is 20.5 Å². The van der Waals surface area contributed by atoms with Crippen molar-refractivity contribution in [2.24, 2.45) is 12.0 Å². The number of nitro groups is 1. The number of nitrogens with zero attached hydrogens (tertiary/aromatic N) is 5. The molecular formula is C22H20N6O3S2. The Morgan fingerprint density at radius 1 is 1.27 bits per heavy atom. The number of aryl methyl sites for hydroxylation is 1. The number of hydrogen-bond acceptors (Lipinski definition) is 9. The van der Waals surface area contributed by atoms with Gasteiger partial charge in [0.15, 0.2) is 16.1 Å². The molecule has 9 nitrogen and oxygen atoms in total. The zero-order chi connectivity index (χ0) is 23.2. The van der Waals surface area contributed by atoms with Gasteiger partial charge >= 0.3 is 0 Å². The van der Waals surface area contributed by atoms with Gasteiger partial charge in [0.2, 0.25) is 0 Å². The lowest BCUT2D eigenvalue weighted by Gasteiger charge is -2.13. The maximum atomic E-state index is 12.6. The summed E-state index contributed by atoms with van der Waals surface area (Å²) in [6.45, 7) is 0.828. The number of hydrogen-bond donors (Lipinski definition) is 1. The van der Waals surface area contributed by atoms with Gasteiger partial charge in [0, 0.05) is 36.7 Å². The van der Waals surface area contributed by atoms with Crippen LogP contribution in [0.4, 0.5) is 11.4 Å². The van der Waals surface area contributed by atoms with Gasteiger partial charge in [0.25, 0.3) is 5.69 Å². The van der Waals surface area contributed by atoms with Gasteiger partial charge in [-0.2, -0.15) is 0 Å². The Hall–Kier alpha value is -3.44. The van der Waals surface area contributed by atoms with Crippen molar-refractivity contribution in [3.63, 3.8) is 0 Å². The standard InChI is InChI=1S/C22H20N6O3S2/c1-27-14-24-26-22(27)33-20-10-4-15(13-18(20)28(30)31)3-9-19(29)16-5-7-17(8-6-16)25-21-23-11-2-12-32-21/h3-10,13-14H,2,11-12H2,1H3,(H,23,25). The van der Waals surface area contributed by atoms with E-state index in [1.54, 1.807) is 53.7 Å². The van der Waals surface area contributed by atoms with Gasteiger partial charge in [0.1, 0.15) is 6.33 Å². The highest BCUT2D eigenvalue weighted by molar-refractivity contribution is 8.14. The third-order valence-electron chi connectivity index (χ3n) is 4.70. The molecule has 11 heteroatoms. The second-order valence-electron chi connectivity index (χ2n) is 7.10. The van der Waals surface area contributed by atoms with Crippen LogP contribution in [0.25, 0.3) is 6.08 Å². The van der Waals surface area contributed by atoms with E-state index in [0.29, 0.717) is 21.2 Å². The predicted octanol–water partition coefficient (Wildman–Crippen LogP) is 4.68. The maximum absolute atomic E-state index is 12.6. The lowest BCUT2D eigenvalue weighted by atomic mass is 10.1. The van der Waals surface area contributed by atoms with Crippen molar-refractivity contribution in [3.8, 4) is 0 Å². The van der Waals surface area contributed by atoms with Crippen LogP contribution in [0.1, 0.15) is 22.3 Å². The van der Waals surface area contributed by atoms with Crippen LogP contribution in [0.3, 0.4) is 0 Å². The van der Waals surface area contributed by atoms with Crippen LogP contribution in [0.2, 0.25) is 0 Å². The number of allylic oxidation sites excluding steroid dienone is 1. The van der Waals surface area contributed by atoms with Gasteiger partial charge in [-0.1, -0.05) is 23.9 Å². The molecule has 0 amide bonds. The summed E-state index contributed by atoms with van der Waals surface area (Å²) in [5.74, 6) is 0.858. The Balaban J connectivity index is 1.45. The third-order valence-corrected chi connectivity index (χ3v) is 6.81. The molecule has 2 aromatic carbocycles. The Morgan fingerprint density at radius 3 is 2.76 bits per heavy atom. The lowest BCUT2D eigenvalue weighted by molar-refractivity contribution is -0.387. The lowest BCUT2D eigenvalue weighted by Crippen LogP contribution is -2.13. The number of anilines is 1. The molecule has 0 radical (unpaired) electrons. The van der Waals surface area contributed by atoms with Crippen molar-refractivity contribution in [3.05, 3.63) is 76.1 Å². The number of carbonyl (C=O) groups excluding carboxylic acids is 1. The van der Waals surface area contributed by atoms with Crippen LogP contribution >= 0.6 is 23.5 Å². The van der Waals surface area contributed by atoms with Gasteiger partial charge in [-0.05, 0) is 60.2 Å². The highest BCUT2D eigenvalue weighted by Crippen LogP contribution is 2.34. The van der Waals surface area contributed by atoms with Crippen LogP contribution in [0.15, 0.2) is 69.9 Å². The van der Waals surface area contributed by atoms with Gasteiger partial charge in [-0.15, -0.1) is 10.2 Å². The average Bonchev–Trinajstić information content (AvgIpc) is 3.23. The Kier molecular flexibility index (Phi) is 7.20. The van der Waals surface area contributed by atoms with E-state index < -0.39 is 4.92 Å². The summed E-state index contributed by atoms with van der Waals surface area (Å²) in [5.41, 5.74) is 1.90. The van der Waals surface area contributed by atoms with E-state index >= 15 is 0 Å². The van der Waals surface area contributed by atoms with Crippen LogP contribution in [-0.2, 0) is 7.05 Å². The fourth-order valence-corrected chi connectivity index (χ4v) is 4.66. The second-order valence-corrected chi connectivity index (χ2v) is 9.19. The fourth-order valence-electron chi connectivity index (χ4n) is 2.98. The minimum atomic E-state index is -0.446. The topological polar surface area (TPSA) is 115 Å². The van der Waals surface area contributed by atoms with Crippen molar-refractivity contribution in [2.75, 3.05) is 17.6 Å². The molecule has 0 unspecified atom stereocenters. The molecule has 1 aliphatic rings. The number of benzene rings is 2. The summed E-state index contributed by atoms with van der Waals surface area (Å²) in [4.78, 5) is 28.6. The number of aliphatic imine (C=N–C) groups is 1. The number of amidine groups is 1. The van der Waals surface area contributed by atoms with Gasteiger partial charge in [-0.25, -0.2) is 0 Å². The fraction of sp³-hybridized carbons (Fsp3) is 0.182. The maximum Gasteiger partial charge on any atom is 0.283 e. The van der Waals surface area contributed by atoms with Gasteiger partial charge in [-0.3, -0.25) is 19.9 Å². The van der Waals surface area contributed by atoms with E-state index in [4.69, 9.17) is 0 Å². The quantitative estimate of drug-likeness (QED) is 0.224. The molecule has 0 saturated carbocycles. The van der Waals surface area contributed by atoms with Crippen molar-refractivity contribution < 1.29 is 9.72 Å². The smallest absolute Gasteiger partial charge is 0.283 e. The zero-order valence-electron chi connectivity index (χ0n) is 17.7. The summed E-state index contributed by atoms with van der Waals surface area (Å²) < 4.78 is 1.68. The molecule has 0 aliphatic carbocycles. The summed E-state index contributed by atoms with van der Waals surface area (Å²) in [6, 6.07) is 12.0. The molecule has 4 rings (SSSR count). The number of ketones is 1. The molecule has 0 fully saturated rings. The SMILES string of the molecule is Cn1cnnc1Sc1ccc(C=CC(=O)c2ccc(NC3=NCCCS3)cc2)cc1[N+](=O)[O-]. The molecule has 1 aromatic heterocycles. The molecule has 0 bridgehead atoms. The van der Waals surface area contributed by atoms with Gasteiger partial charge < -0.3 is 9.88 Å². The molecule has 168 valence electrons. The van der Waals surface area contributed by atoms with Crippen molar-refractivity contribution >= 4 is 51.9 Å². The normalized spacial score (nSPS) is 13.7.